The molecule has 2 aromatic rings. The molecule has 1 aliphatic rings. The Balaban J connectivity index is 1.29. The number of aliphatic hydroxyl groups excluding tert-OH is 2. The molecule has 0 aliphatic heterocycles. The van der Waals surface area contributed by atoms with E-state index in [1.54, 1.807) is 62.4 Å². The third-order valence-corrected chi connectivity index (χ3v) is 8.23. The molecular formula is C38H48O14. The molecule has 3 rings (SSSR count). The van der Waals surface area contributed by atoms with Crippen LogP contribution in [0, 0.1) is 11.8 Å². The Kier molecular flexibility index (Phi) is 17.8. The first kappa shape index (κ1) is 41.6. The summed E-state index contributed by atoms with van der Waals surface area (Å²) >= 11 is 0. The van der Waals surface area contributed by atoms with Crippen molar-refractivity contribution in [3.8, 4) is 11.5 Å². The first-order chi connectivity index (χ1) is 24.9. The van der Waals surface area contributed by atoms with Gasteiger partial charge in [0.2, 0.25) is 0 Å². The highest BCUT2D eigenvalue weighted by molar-refractivity contribution is 5.79. The van der Waals surface area contributed by atoms with Gasteiger partial charge in [-0.15, -0.1) is 0 Å². The lowest BCUT2D eigenvalue weighted by Crippen LogP contribution is -2.30. The minimum absolute atomic E-state index is 0.117. The molecule has 0 spiro atoms. The molecule has 0 saturated heterocycles. The topological polar surface area (TPSA) is 198 Å². The fourth-order valence-corrected chi connectivity index (χ4v) is 5.17. The van der Waals surface area contributed by atoms with E-state index in [0.717, 1.165) is 11.1 Å². The van der Waals surface area contributed by atoms with Crippen molar-refractivity contribution in [2.75, 3.05) is 26.4 Å². The predicted octanol–water partition coefficient (Wildman–Crippen LogP) is 3.58. The normalized spacial score (nSPS) is 16.5. The van der Waals surface area contributed by atoms with Crippen molar-refractivity contribution in [1.29, 1.82) is 0 Å². The molecule has 14 heteroatoms. The van der Waals surface area contributed by atoms with E-state index in [2.05, 4.69) is 0 Å². The summed E-state index contributed by atoms with van der Waals surface area (Å²) in [6.07, 6.45) is 1.06. The highest BCUT2D eigenvalue weighted by atomic mass is 16.6. The Morgan fingerprint density at radius 3 is 1.21 bits per heavy atom. The molecule has 2 aromatic carbocycles. The van der Waals surface area contributed by atoms with Gasteiger partial charge in [-0.05, 0) is 74.9 Å². The zero-order chi connectivity index (χ0) is 37.9. The minimum Gasteiger partial charge on any atom is -0.465 e. The predicted molar refractivity (Wildman–Crippen MR) is 183 cm³/mol. The summed E-state index contributed by atoms with van der Waals surface area (Å²) in [6, 6.07) is 13.7. The summed E-state index contributed by atoms with van der Waals surface area (Å²) in [6.45, 7) is 2.74. The molecule has 52 heavy (non-hydrogen) atoms. The maximum atomic E-state index is 12.8. The lowest BCUT2D eigenvalue weighted by atomic mass is 9.82. The first-order valence-electron chi connectivity index (χ1n) is 17.5. The number of benzene rings is 2. The van der Waals surface area contributed by atoms with Crippen LogP contribution in [-0.2, 0) is 60.6 Å². The number of esters is 6. The zero-order valence-electron chi connectivity index (χ0n) is 29.6. The molecule has 0 unspecified atom stereocenters. The van der Waals surface area contributed by atoms with Gasteiger partial charge in [0.1, 0.15) is 23.7 Å². The van der Waals surface area contributed by atoms with Crippen molar-refractivity contribution in [3.05, 3.63) is 59.7 Å². The van der Waals surface area contributed by atoms with Crippen LogP contribution in [0.3, 0.4) is 0 Å². The fraction of sp³-hybridized carbons (Fsp3) is 0.526. The van der Waals surface area contributed by atoms with Crippen LogP contribution in [0.2, 0.25) is 0 Å². The second-order valence-electron chi connectivity index (χ2n) is 12.6. The van der Waals surface area contributed by atoms with Gasteiger partial charge >= 0.3 is 35.8 Å². The van der Waals surface area contributed by atoms with Crippen LogP contribution in [0.25, 0.3) is 0 Å². The Bertz CT molecular complexity index is 1350. The maximum absolute atomic E-state index is 12.8. The largest absolute Gasteiger partial charge is 0.465 e. The monoisotopic (exact) mass is 728 g/mol. The molecule has 284 valence electrons. The summed E-state index contributed by atoms with van der Waals surface area (Å²) in [5.74, 6) is -2.87. The van der Waals surface area contributed by atoms with E-state index in [0.29, 0.717) is 50.0 Å². The van der Waals surface area contributed by atoms with Crippen molar-refractivity contribution >= 4 is 35.8 Å². The van der Waals surface area contributed by atoms with E-state index >= 15 is 0 Å². The van der Waals surface area contributed by atoms with Crippen LogP contribution in [0.1, 0.15) is 76.3 Å². The third-order valence-electron chi connectivity index (χ3n) is 8.23. The maximum Gasteiger partial charge on any atom is 0.314 e. The first-order valence-corrected chi connectivity index (χ1v) is 17.5. The van der Waals surface area contributed by atoms with Gasteiger partial charge in [-0.2, -0.15) is 0 Å². The van der Waals surface area contributed by atoms with Crippen LogP contribution in [0.5, 0.6) is 11.5 Å². The SMILES string of the molecule is C[C@H](CO)OC(=O)CCC(=O)OCCc1ccc(OC(=O)C2CCC(C(=O)Oc3ccc(CCOC(=O)CCC(=O)O[C@H](C)CO)cc3)CC2)cc1. The molecular weight excluding hydrogens is 680 g/mol. The summed E-state index contributed by atoms with van der Waals surface area (Å²) in [5.41, 5.74) is 1.72. The number of hydrogen-bond donors (Lipinski definition) is 2. The van der Waals surface area contributed by atoms with Crippen molar-refractivity contribution in [3.63, 3.8) is 0 Å². The second kappa shape index (κ2) is 22.2. The minimum atomic E-state index is -0.626. The van der Waals surface area contributed by atoms with E-state index in [1.807, 2.05) is 0 Å². The summed E-state index contributed by atoms with van der Waals surface area (Å²) < 4.78 is 31.3. The van der Waals surface area contributed by atoms with Gasteiger partial charge in [-0.1, -0.05) is 24.3 Å². The molecule has 1 fully saturated rings. The molecule has 14 nitrogen and oxygen atoms in total. The molecule has 1 aliphatic carbocycles. The fourth-order valence-electron chi connectivity index (χ4n) is 5.17. The third kappa shape index (κ3) is 15.6. The summed E-state index contributed by atoms with van der Waals surface area (Å²) in [7, 11) is 0. The highest BCUT2D eigenvalue weighted by Crippen LogP contribution is 2.31. The van der Waals surface area contributed by atoms with Gasteiger partial charge in [0.05, 0.1) is 63.9 Å². The number of hydrogen-bond acceptors (Lipinski definition) is 14. The molecule has 2 N–H and O–H groups in total. The molecule has 0 bridgehead atoms. The number of carbonyl (C=O) groups is 6. The summed E-state index contributed by atoms with van der Waals surface area (Å²) in [4.78, 5) is 72.6. The Morgan fingerprint density at radius 1 is 0.558 bits per heavy atom. The average molecular weight is 729 g/mol. The van der Waals surface area contributed by atoms with Gasteiger partial charge < -0.3 is 38.6 Å². The Morgan fingerprint density at radius 2 is 0.885 bits per heavy atom. The second-order valence-corrected chi connectivity index (χ2v) is 12.6. The zero-order valence-corrected chi connectivity index (χ0v) is 29.6. The number of rotatable bonds is 20. The quantitative estimate of drug-likeness (QED) is 0.114. The van der Waals surface area contributed by atoms with Crippen LogP contribution in [0.15, 0.2) is 48.5 Å². The van der Waals surface area contributed by atoms with Gasteiger partial charge in [0.25, 0.3) is 0 Å². The standard InChI is InChI=1S/C38H48O14/c1-25(23-39)49-35(43)17-15-33(41)47-21-19-27-3-11-31(12-4-27)51-37(45)29-7-9-30(10-8-29)38(46)52-32-13-5-28(6-14-32)20-22-48-34(42)16-18-36(44)50-26(2)24-40/h3-6,11-14,25-26,29-30,39-40H,7-10,15-24H2,1-2H3/t25-,26-,29?,30?/m1/s1. The van der Waals surface area contributed by atoms with Crippen molar-refractivity contribution in [1.82, 2.24) is 0 Å². The van der Waals surface area contributed by atoms with Crippen LogP contribution in [-0.4, -0.2) is 84.7 Å². The van der Waals surface area contributed by atoms with Gasteiger partial charge in [-0.25, -0.2) is 0 Å². The van der Waals surface area contributed by atoms with E-state index in [4.69, 9.17) is 38.6 Å². The van der Waals surface area contributed by atoms with E-state index in [1.165, 1.54) is 0 Å². The molecule has 2 atom stereocenters. The number of aliphatic hydroxyl groups is 2. The molecule has 0 radical (unpaired) electrons. The van der Waals surface area contributed by atoms with Crippen LogP contribution < -0.4 is 9.47 Å². The number of carbonyl (C=O) groups excluding carboxylic acids is 6. The lowest BCUT2D eigenvalue weighted by molar-refractivity contribution is -0.154. The van der Waals surface area contributed by atoms with Gasteiger partial charge in [0, 0.05) is 12.8 Å². The van der Waals surface area contributed by atoms with Crippen LogP contribution >= 0.6 is 0 Å². The Labute approximate surface area is 302 Å². The van der Waals surface area contributed by atoms with E-state index in [-0.39, 0.29) is 75.9 Å². The molecule has 0 amide bonds. The Hall–Kier alpha value is -4.82. The van der Waals surface area contributed by atoms with Gasteiger partial charge in [0.15, 0.2) is 0 Å². The number of ether oxygens (including phenoxy) is 6. The van der Waals surface area contributed by atoms with E-state index < -0.39 is 36.1 Å². The highest BCUT2D eigenvalue weighted by Gasteiger charge is 2.32. The summed E-state index contributed by atoms with van der Waals surface area (Å²) in [5, 5.41) is 17.8. The average Bonchev–Trinajstić information content (AvgIpc) is 3.14. The molecule has 0 heterocycles. The smallest absolute Gasteiger partial charge is 0.314 e. The van der Waals surface area contributed by atoms with Crippen molar-refractivity contribution in [2.24, 2.45) is 11.8 Å². The van der Waals surface area contributed by atoms with Gasteiger partial charge in [-0.3, -0.25) is 28.8 Å². The van der Waals surface area contributed by atoms with Crippen LogP contribution in [0.4, 0.5) is 0 Å². The van der Waals surface area contributed by atoms with Crippen molar-refractivity contribution in [2.45, 2.75) is 90.3 Å². The molecule has 0 aromatic heterocycles. The van der Waals surface area contributed by atoms with E-state index in [9.17, 15) is 28.8 Å². The lowest BCUT2D eigenvalue weighted by Gasteiger charge is -2.25. The van der Waals surface area contributed by atoms with Crippen molar-refractivity contribution < 1.29 is 67.4 Å². The molecule has 1 saturated carbocycles.